The van der Waals surface area contributed by atoms with Crippen molar-refractivity contribution in [2.45, 2.75) is 19.3 Å². The van der Waals surface area contributed by atoms with Crippen LogP contribution in [0.4, 0.5) is 0 Å². The number of para-hydroxylation sites is 3. The number of hydrogen-bond acceptors (Lipinski definition) is 2. The lowest BCUT2D eigenvalue weighted by Crippen LogP contribution is -2.14. The van der Waals surface area contributed by atoms with Gasteiger partial charge in [-0.05, 0) is 104 Å². The summed E-state index contributed by atoms with van der Waals surface area (Å²) in [7, 11) is 0. The van der Waals surface area contributed by atoms with Crippen LogP contribution < -0.4 is 0 Å². The fraction of sp³-hybridized carbons (Fsp3) is 0.0435. The van der Waals surface area contributed by atoms with E-state index in [-0.39, 0.29) is 5.41 Å². The summed E-state index contributed by atoms with van der Waals surface area (Å²) in [4.78, 5) is 11.1. The van der Waals surface area contributed by atoms with Gasteiger partial charge in [0.15, 0.2) is 0 Å². The molecule has 5 heteroatoms. The molecule has 0 saturated heterocycles. The van der Waals surface area contributed by atoms with Crippen LogP contribution in [0.25, 0.3) is 138 Å². The van der Waals surface area contributed by atoms with Gasteiger partial charge in [-0.3, -0.25) is 4.57 Å². The van der Waals surface area contributed by atoms with Gasteiger partial charge in [0.05, 0.1) is 50.2 Å². The molecule has 0 bridgehead atoms. The predicted molar refractivity (Wildman–Crippen MR) is 308 cm³/mol. The summed E-state index contributed by atoms with van der Waals surface area (Å²) in [6.45, 7) is 4.70. The van der Waals surface area contributed by atoms with E-state index in [1.54, 1.807) is 0 Å². The van der Waals surface area contributed by atoms with Crippen LogP contribution in [0.1, 0.15) is 25.0 Å². The van der Waals surface area contributed by atoms with Crippen molar-refractivity contribution < 1.29 is 0 Å². The Labute approximate surface area is 426 Å². The summed E-state index contributed by atoms with van der Waals surface area (Å²) in [6, 6.07) is 86.4. The highest BCUT2D eigenvalue weighted by molar-refractivity contribution is 6.29. The molecule has 5 nitrogen and oxygen atoms in total. The zero-order valence-corrected chi connectivity index (χ0v) is 40.8. The maximum atomic E-state index is 5.56. The predicted octanol–water partition coefficient (Wildman–Crippen LogP) is 17.7. The first-order valence-corrected chi connectivity index (χ1v) is 25.6. The lowest BCUT2D eigenvalue weighted by atomic mass is 9.82. The van der Waals surface area contributed by atoms with Gasteiger partial charge in [-0.2, -0.15) is 0 Å². The van der Waals surface area contributed by atoms with E-state index in [4.69, 9.17) is 9.97 Å². The summed E-state index contributed by atoms with van der Waals surface area (Å²) in [5.74, 6) is 0.622. The summed E-state index contributed by atoms with van der Waals surface area (Å²) < 4.78 is 7.27. The third-order valence-electron chi connectivity index (χ3n) is 16.3. The molecule has 346 valence electrons. The highest BCUT2D eigenvalue weighted by Gasteiger charge is 2.35. The van der Waals surface area contributed by atoms with Crippen molar-refractivity contribution in [1.29, 1.82) is 0 Å². The lowest BCUT2D eigenvalue weighted by molar-refractivity contribution is 0.660. The van der Waals surface area contributed by atoms with Crippen molar-refractivity contribution in [2.75, 3.05) is 0 Å². The van der Waals surface area contributed by atoms with E-state index in [0.717, 1.165) is 71.8 Å². The van der Waals surface area contributed by atoms with Crippen molar-refractivity contribution in [2.24, 2.45) is 0 Å². The molecular weight excluding hydrogens is 899 g/mol. The molecule has 0 fully saturated rings. The lowest BCUT2D eigenvalue weighted by Gasteiger charge is -2.21. The van der Waals surface area contributed by atoms with Crippen molar-refractivity contribution in [3.8, 4) is 51.0 Å². The summed E-state index contributed by atoms with van der Waals surface area (Å²) in [5.41, 5.74) is 18.2. The number of benzene rings is 11. The van der Waals surface area contributed by atoms with Crippen molar-refractivity contribution >= 4 is 87.0 Å². The Hall–Kier alpha value is -9.58. The molecule has 15 aromatic rings. The molecule has 0 atom stereocenters. The molecular formula is C69H45N5. The summed E-state index contributed by atoms with van der Waals surface area (Å²) >= 11 is 0. The Morgan fingerprint density at radius 3 is 1.41 bits per heavy atom. The van der Waals surface area contributed by atoms with E-state index >= 15 is 0 Å². The van der Waals surface area contributed by atoms with E-state index in [1.165, 1.54) is 71.3 Å². The second-order valence-electron chi connectivity index (χ2n) is 20.5. The number of aromatic nitrogens is 5. The zero-order chi connectivity index (χ0) is 48.8. The molecule has 1 aliphatic rings. The molecule has 0 aliphatic heterocycles. The molecule has 0 N–H and O–H groups in total. The van der Waals surface area contributed by atoms with Gasteiger partial charge in [0.25, 0.3) is 0 Å². The molecule has 1 aliphatic carbocycles. The first kappa shape index (κ1) is 41.1. The monoisotopic (exact) mass is 943 g/mol. The summed E-state index contributed by atoms with van der Waals surface area (Å²) in [6.07, 6.45) is 0. The quantitative estimate of drug-likeness (QED) is 0.172. The van der Waals surface area contributed by atoms with Gasteiger partial charge < -0.3 is 9.13 Å². The zero-order valence-electron chi connectivity index (χ0n) is 40.8. The van der Waals surface area contributed by atoms with Crippen LogP contribution in [0.2, 0.25) is 0 Å². The van der Waals surface area contributed by atoms with Crippen LogP contribution in [0.15, 0.2) is 237 Å². The van der Waals surface area contributed by atoms with Gasteiger partial charge in [0, 0.05) is 54.5 Å². The first-order chi connectivity index (χ1) is 36.5. The molecule has 0 radical (unpaired) electrons. The van der Waals surface area contributed by atoms with Crippen molar-refractivity contribution in [1.82, 2.24) is 23.7 Å². The van der Waals surface area contributed by atoms with E-state index in [9.17, 15) is 0 Å². The number of nitrogens with zero attached hydrogens (tertiary/aromatic N) is 5. The fourth-order valence-corrected chi connectivity index (χ4v) is 13.0. The molecule has 4 aromatic heterocycles. The van der Waals surface area contributed by atoms with E-state index in [1.807, 2.05) is 0 Å². The second-order valence-corrected chi connectivity index (χ2v) is 20.5. The van der Waals surface area contributed by atoms with Gasteiger partial charge in [0.1, 0.15) is 0 Å². The Morgan fingerprint density at radius 1 is 0.311 bits per heavy atom. The van der Waals surface area contributed by atoms with Gasteiger partial charge in [-0.1, -0.05) is 190 Å². The van der Waals surface area contributed by atoms with Crippen molar-refractivity contribution in [3.63, 3.8) is 0 Å². The Kier molecular flexibility index (Phi) is 8.45. The van der Waals surface area contributed by atoms with E-state index in [2.05, 4.69) is 264 Å². The third-order valence-corrected chi connectivity index (χ3v) is 16.3. The van der Waals surface area contributed by atoms with Crippen LogP contribution in [0.5, 0.6) is 0 Å². The maximum absolute atomic E-state index is 5.56. The minimum Gasteiger partial charge on any atom is -0.309 e. The molecule has 0 amide bonds. The molecule has 11 aromatic carbocycles. The fourth-order valence-electron chi connectivity index (χ4n) is 13.0. The average Bonchev–Trinajstić information content (AvgIpc) is 4.18. The van der Waals surface area contributed by atoms with Crippen LogP contribution >= 0.6 is 0 Å². The standard InChI is InChI=1S/C69H45N5/c1-69(2)54-30-11-7-24-47(54)53-40-44(36-37-55(53)69)72-58-31-12-9-26-51(58)66-63(72)38-39-64-67(66)52-27-10-13-32-59(52)73(64)61-34-17-35-62-65(61)50-25-8-14-33-60(50)74(62)68-70-56(48-28-15-20-42-18-3-5-22-45(42)48)41-57(71-68)49-29-16-21-43-19-4-6-23-46(43)49/h3-41H,1-2H3. The van der Waals surface area contributed by atoms with Crippen LogP contribution in [-0.2, 0) is 5.41 Å². The molecule has 0 unspecified atom stereocenters. The van der Waals surface area contributed by atoms with Gasteiger partial charge in [-0.25, -0.2) is 9.97 Å². The number of rotatable bonds is 5. The number of fused-ring (bicyclic) bond motifs is 15. The minimum atomic E-state index is -0.0660. The van der Waals surface area contributed by atoms with Crippen LogP contribution in [-0.4, -0.2) is 23.7 Å². The van der Waals surface area contributed by atoms with Crippen LogP contribution in [0, 0.1) is 0 Å². The smallest absolute Gasteiger partial charge is 0.235 e. The van der Waals surface area contributed by atoms with Gasteiger partial charge in [0.2, 0.25) is 5.95 Å². The van der Waals surface area contributed by atoms with E-state index < -0.39 is 0 Å². The molecule has 74 heavy (non-hydrogen) atoms. The average molecular weight is 944 g/mol. The molecule has 16 rings (SSSR count). The molecule has 0 saturated carbocycles. The molecule has 0 spiro atoms. The third kappa shape index (κ3) is 5.64. The normalized spacial score (nSPS) is 13.1. The second kappa shape index (κ2) is 15.2. The Bertz CT molecular complexity index is 4780. The number of hydrogen-bond donors (Lipinski definition) is 0. The van der Waals surface area contributed by atoms with Crippen molar-refractivity contribution in [3.05, 3.63) is 248 Å². The Balaban J connectivity index is 0.958. The largest absolute Gasteiger partial charge is 0.309 e. The maximum Gasteiger partial charge on any atom is 0.235 e. The SMILES string of the molecule is CC1(C)c2ccccc2-c2cc(-n3c4ccccc4c4c5c6ccccc6n(-c6cccc7c6c6ccccc6n7-c6nc(-c7cccc8ccccc78)cc(-c7cccc8ccccc78)n6)c5ccc43)ccc21. The minimum absolute atomic E-state index is 0.0660. The molecule has 4 heterocycles. The summed E-state index contributed by atoms with van der Waals surface area (Å²) in [5, 5.41) is 11.9. The topological polar surface area (TPSA) is 40.6 Å². The first-order valence-electron chi connectivity index (χ1n) is 25.6. The van der Waals surface area contributed by atoms with Gasteiger partial charge in [-0.15, -0.1) is 0 Å². The highest BCUT2D eigenvalue weighted by atomic mass is 15.2. The Morgan fingerprint density at radius 2 is 0.757 bits per heavy atom. The van der Waals surface area contributed by atoms with Gasteiger partial charge >= 0.3 is 0 Å². The van der Waals surface area contributed by atoms with E-state index in [0.29, 0.717) is 5.95 Å². The van der Waals surface area contributed by atoms with Crippen LogP contribution in [0.3, 0.4) is 0 Å². The highest BCUT2D eigenvalue weighted by Crippen LogP contribution is 2.50.